The largest absolute Gasteiger partial charge is 0.457 e. The lowest BCUT2D eigenvalue weighted by atomic mass is 10.2. The third kappa shape index (κ3) is 3.71. The maximum atomic E-state index is 13.1. The zero-order valence-corrected chi connectivity index (χ0v) is 17.0. The number of benzene rings is 3. The van der Waals surface area contributed by atoms with Gasteiger partial charge in [-0.1, -0.05) is 12.1 Å². The van der Waals surface area contributed by atoms with Crippen LogP contribution in [-0.2, 0) is 6.42 Å². The summed E-state index contributed by atoms with van der Waals surface area (Å²) in [7, 11) is 0. The van der Waals surface area contributed by atoms with E-state index in [-0.39, 0.29) is 18.1 Å². The highest BCUT2D eigenvalue weighted by Crippen LogP contribution is 2.26. The Bertz CT molecular complexity index is 1410. The number of aromatic nitrogens is 6. The molecule has 0 saturated carbocycles. The quantitative estimate of drug-likeness (QED) is 0.390. The molecule has 0 unspecified atom stereocenters. The number of fused-ring (bicyclic) bond motifs is 1. The van der Waals surface area contributed by atoms with E-state index in [1.165, 1.54) is 23.7 Å². The van der Waals surface area contributed by atoms with Crippen molar-refractivity contribution in [2.45, 2.75) is 13.3 Å². The Labute approximate surface area is 181 Å². The summed E-state index contributed by atoms with van der Waals surface area (Å²) in [5.41, 5.74) is 2.59. The first kappa shape index (κ1) is 19.6. The molecule has 0 aliphatic heterocycles. The van der Waals surface area contributed by atoms with Crippen molar-refractivity contribution in [1.82, 2.24) is 29.8 Å². The number of ether oxygens (including phenoxy) is 1. The summed E-state index contributed by atoms with van der Waals surface area (Å²) in [6.07, 6.45) is 0.273. The molecule has 158 valence electrons. The third-order valence-electron chi connectivity index (χ3n) is 4.92. The summed E-state index contributed by atoms with van der Waals surface area (Å²) in [5, 5.41) is 11.4. The first-order valence-electron chi connectivity index (χ1n) is 9.87. The predicted molar refractivity (Wildman–Crippen MR) is 114 cm³/mol. The lowest BCUT2D eigenvalue weighted by Crippen LogP contribution is -2.14. The van der Waals surface area contributed by atoms with Crippen LogP contribution in [-0.4, -0.2) is 35.7 Å². The van der Waals surface area contributed by atoms with E-state index in [1.54, 1.807) is 12.1 Å². The fourth-order valence-electron chi connectivity index (χ4n) is 3.49. The number of nitrogens with zero attached hydrogens (tertiary/aromatic N) is 6. The summed E-state index contributed by atoms with van der Waals surface area (Å²) >= 11 is 0. The summed E-state index contributed by atoms with van der Waals surface area (Å²) in [6.45, 7) is 1.41. The van der Waals surface area contributed by atoms with E-state index in [2.05, 4.69) is 15.5 Å². The fourth-order valence-corrected chi connectivity index (χ4v) is 3.49. The number of imidazole rings is 1. The fraction of sp³-hybridized carbons (Fsp3) is 0.0870. The van der Waals surface area contributed by atoms with Gasteiger partial charge in [0.2, 0.25) is 5.91 Å². The molecule has 0 radical (unpaired) electrons. The average Bonchev–Trinajstić information content (AvgIpc) is 3.40. The van der Waals surface area contributed by atoms with Gasteiger partial charge in [-0.2, -0.15) is 4.68 Å². The van der Waals surface area contributed by atoms with Crippen LogP contribution in [0.15, 0.2) is 72.8 Å². The van der Waals surface area contributed by atoms with Gasteiger partial charge in [0, 0.05) is 12.6 Å². The van der Waals surface area contributed by atoms with Crippen LogP contribution in [0, 0.1) is 5.82 Å². The van der Waals surface area contributed by atoms with Gasteiger partial charge < -0.3 is 4.74 Å². The lowest BCUT2D eigenvalue weighted by molar-refractivity contribution is 0.0915. The standard InChI is InChI=1S/C23H17FN6O2/c1-15(31)30-23(26-27-28-30)14-22-25-20-4-2-3-5-21(20)29(22)17-8-12-19(13-9-17)32-18-10-6-16(24)7-11-18/h2-13H,14H2,1H3. The average molecular weight is 428 g/mol. The van der Waals surface area contributed by atoms with Gasteiger partial charge in [-0.3, -0.25) is 9.36 Å². The van der Waals surface area contributed by atoms with Crippen LogP contribution in [0.25, 0.3) is 16.7 Å². The second-order valence-electron chi connectivity index (χ2n) is 7.10. The van der Waals surface area contributed by atoms with Gasteiger partial charge in [0.25, 0.3) is 0 Å². The Morgan fingerprint density at radius 2 is 1.62 bits per heavy atom. The first-order valence-corrected chi connectivity index (χ1v) is 9.87. The van der Waals surface area contributed by atoms with Crippen molar-refractivity contribution >= 4 is 16.9 Å². The monoisotopic (exact) mass is 428 g/mol. The number of hydrogen-bond donors (Lipinski definition) is 0. The van der Waals surface area contributed by atoms with Gasteiger partial charge in [-0.05, 0) is 71.1 Å². The van der Waals surface area contributed by atoms with Crippen molar-refractivity contribution in [3.63, 3.8) is 0 Å². The molecule has 5 rings (SSSR count). The molecule has 0 bridgehead atoms. The molecule has 5 aromatic rings. The van der Waals surface area contributed by atoms with E-state index in [4.69, 9.17) is 9.72 Å². The summed E-state index contributed by atoms with van der Waals surface area (Å²) in [6, 6.07) is 21.1. The zero-order chi connectivity index (χ0) is 22.1. The number of hydrogen-bond acceptors (Lipinski definition) is 6. The maximum absolute atomic E-state index is 13.1. The van der Waals surface area contributed by atoms with Crippen LogP contribution >= 0.6 is 0 Å². The Morgan fingerprint density at radius 3 is 2.34 bits per heavy atom. The highest BCUT2D eigenvalue weighted by Gasteiger charge is 2.17. The summed E-state index contributed by atoms with van der Waals surface area (Å²) in [4.78, 5) is 16.5. The molecule has 0 aliphatic carbocycles. The molecule has 0 spiro atoms. The van der Waals surface area contributed by atoms with E-state index in [1.807, 2.05) is 53.1 Å². The van der Waals surface area contributed by atoms with Gasteiger partial charge in [0.05, 0.1) is 17.5 Å². The van der Waals surface area contributed by atoms with Crippen LogP contribution < -0.4 is 4.74 Å². The van der Waals surface area contributed by atoms with Gasteiger partial charge in [0.1, 0.15) is 23.1 Å². The second-order valence-corrected chi connectivity index (χ2v) is 7.10. The van der Waals surface area contributed by atoms with Gasteiger partial charge >= 0.3 is 0 Å². The van der Waals surface area contributed by atoms with Crippen molar-refractivity contribution in [1.29, 1.82) is 0 Å². The summed E-state index contributed by atoms with van der Waals surface area (Å²) < 4.78 is 22.1. The van der Waals surface area contributed by atoms with E-state index in [0.717, 1.165) is 16.7 Å². The maximum Gasteiger partial charge on any atom is 0.246 e. The van der Waals surface area contributed by atoms with Crippen LogP contribution in [0.3, 0.4) is 0 Å². The molecule has 0 amide bonds. The van der Waals surface area contributed by atoms with Crippen molar-refractivity contribution < 1.29 is 13.9 Å². The van der Waals surface area contributed by atoms with Crippen molar-refractivity contribution in [2.75, 3.05) is 0 Å². The Kier molecular flexibility index (Phi) is 4.91. The Hall–Kier alpha value is -4.40. The first-order chi connectivity index (χ1) is 15.6. The van der Waals surface area contributed by atoms with E-state index in [0.29, 0.717) is 23.1 Å². The molecular formula is C23H17FN6O2. The predicted octanol–water partition coefficient (Wildman–Crippen LogP) is 4.19. The zero-order valence-electron chi connectivity index (χ0n) is 17.0. The molecule has 9 heteroatoms. The molecule has 0 saturated heterocycles. The van der Waals surface area contributed by atoms with E-state index < -0.39 is 0 Å². The number of halogens is 1. The van der Waals surface area contributed by atoms with Crippen LogP contribution in [0.1, 0.15) is 23.4 Å². The van der Waals surface area contributed by atoms with E-state index in [9.17, 15) is 9.18 Å². The number of carbonyl (C=O) groups excluding carboxylic acids is 1. The Morgan fingerprint density at radius 1 is 0.938 bits per heavy atom. The Balaban J connectivity index is 1.51. The van der Waals surface area contributed by atoms with Crippen LogP contribution in [0.2, 0.25) is 0 Å². The highest BCUT2D eigenvalue weighted by molar-refractivity contribution is 5.78. The molecule has 8 nitrogen and oxygen atoms in total. The van der Waals surface area contributed by atoms with Crippen molar-refractivity contribution in [3.05, 3.63) is 90.3 Å². The third-order valence-corrected chi connectivity index (χ3v) is 4.92. The minimum atomic E-state index is -0.317. The molecule has 0 aliphatic rings. The highest BCUT2D eigenvalue weighted by atomic mass is 19.1. The molecule has 0 N–H and O–H groups in total. The van der Waals surface area contributed by atoms with Crippen LogP contribution in [0.5, 0.6) is 11.5 Å². The van der Waals surface area contributed by atoms with E-state index >= 15 is 0 Å². The molecule has 0 fully saturated rings. The molecule has 3 aromatic carbocycles. The van der Waals surface area contributed by atoms with Gasteiger partial charge in [0.15, 0.2) is 5.82 Å². The smallest absolute Gasteiger partial charge is 0.246 e. The number of carbonyl (C=O) groups is 1. The molecule has 2 aromatic heterocycles. The minimum absolute atomic E-state index is 0.269. The number of para-hydroxylation sites is 2. The summed E-state index contributed by atoms with van der Waals surface area (Å²) in [5.74, 6) is 1.68. The van der Waals surface area contributed by atoms with Gasteiger partial charge in [-0.15, -0.1) is 5.10 Å². The van der Waals surface area contributed by atoms with Crippen LogP contribution in [0.4, 0.5) is 4.39 Å². The minimum Gasteiger partial charge on any atom is -0.457 e. The lowest BCUT2D eigenvalue weighted by Gasteiger charge is -2.11. The van der Waals surface area contributed by atoms with Crippen molar-refractivity contribution in [2.24, 2.45) is 0 Å². The number of tetrazole rings is 1. The van der Waals surface area contributed by atoms with Crippen molar-refractivity contribution in [3.8, 4) is 17.2 Å². The molecule has 2 heterocycles. The SMILES string of the molecule is CC(=O)n1nnnc1Cc1nc2ccccc2n1-c1ccc(Oc2ccc(F)cc2)cc1. The molecule has 32 heavy (non-hydrogen) atoms. The van der Waals surface area contributed by atoms with Gasteiger partial charge in [-0.25, -0.2) is 9.37 Å². The molecule has 0 atom stereocenters. The topological polar surface area (TPSA) is 87.7 Å². The molecular weight excluding hydrogens is 411 g/mol. The number of rotatable bonds is 5. The normalized spacial score (nSPS) is 11.1. The second kappa shape index (κ2) is 8.03.